The van der Waals surface area contributed by atoms with Gasteiger partial charge in [0.05, 0.1) is 5.39 Å². The molecule has 4 nitrogen and oxygen atoms in total. The van der Waals surface area contributed by atoms with Gasteiger partial charge >= 0.3 is 0 Å². The van der Waals surface area contributed by atoms with Crippen molar-refractivity contribution in [3.63, 3.8) is 0 Å². The summed E-state index contributed by atoms with van der Waals surface area (Å²) in [7, 11) is 0. The van der Waals surface area contributed by atoms with Crippen molar-refractivity contribution in [3.8, 4) is 11.5 Å². The molecule has 1 aliphatic carbocycles. The third-order valence-electron chi connectivity index (χ3n) is 4.08. The molecule has 21 heavy (non-hydrogen) atoms. The zero-order valence-electron chi connectivity index (χ0n) is 11.9. The van der Waals surface area contributed by atoms with Crippen LogP contribution in [0.5, 0.6) is 0 Å². The highest BCUT2D eigenvalue weighted by Gasteiger charge is 2.22. The van der Waals surface area contributed by atoms with E-state index in [-0.39, 0.29) is 0 Å². The average Bonchev–Trinajstić information content (AvgIpc) is 3.07. The molecule has 1 aliphatic rings. The Morgan fingerprint density at radius 3 is 3.05 bits per heavy atom. The van der Waals surface area contributed by atoms with Gasteiger partial charge in [0.1, 0.15) is 16.3 Å². The molecule has 4 rings (SSSR count). The predicted octanol–water partition coefficient (Wildman–Crippen LogP) is 3.39. The van der Waals surface area contributed by atoms with Gasteiger partial charge < -0.3 is 5.73 Å². The van der Waals surface area contributed by atoms with E-state index in [1.54, 1.807) is 17.5 Å². The van der Waals surface area contributed by atoms with Crippen molar-refractivity contribution in [3.05, 3.63) is 34.3 Å². The molecule has 3 heterocycles. The van der Waals surface area contributed by atoms with Gasteiger partial charge in [-0.25, -0.2) is 9.97 Å². The number of aryl methyl sites for hydroxylation is 3. The van der Waals surface area contributed by atoms with Crippen LogP contribution in [-0.2, 0) is 19.3 Å². The van der Waals surface area contributed by atoms with E-state index >= 15 is 0 Å². The Kier molecular flexibility index (Phi) is 2.89. The van der Waals surface area contributed by atoms with Crippen LogP contribution in [0.25, 0.3) is 21.7 Å². The molecule has 0 saturated carbocycles. The number of thiophene rings is 1. The van der Waals surface area contributed by atoms with Crippen LogP contribution in [0.2, 0.25) is 0 Å². The number of nitrogens with two attached hydrogens (primary N) is 1. The fourth-order valence-corrected chi connectivity index (χ4v) is 4.32. The molecule has 106 valence electrons. The van der Waals surface area contributed by atoms with Crippen LogP contribution in [0.3, 0.4) is 0 Å². The molecule has 0 spiro atoms. The van der Waals surface area contributed by atoms with E-state index in [0.29, 0.717) is 11.6 Å². The zero-order chi connectivity index (χ0) is 14.4. The molecule has 0 atom stereocenters. The van der Waals surface area contributed by atoms with E-state index in [9.17, 15) is 0 Å². The maximum Gasteiger partial charge on any atom is 0.181 e. The SMILES string of the molecule is CCc1cccnc1-c1nc(N)c2c3c(sc2n1)CCC3. The van der Waals surface area contributed by atoms with Crippen LogP contribution in [0, 0.1) is 0 Å². The number of anilines is 1. The first-order chi connectivity index (χ1) is 10.3. The largest absolute Gasteiger partial charge is 0.383 e. The van der Waals surface area contributed by atoms with Crippen molar-refractivity contribution in [2.24, 2.45) is 0 Å². The van der Waals surface area contributed by atoms with Crippen molar-refractivity contribution < 1.29 is 0 Å². The van der Waals surface area contributed by atoms with E-state index in [1.807, 2.05) is 6.07 Å². The molecule has 0 radical (unpaired) electrons. The quantitative estimate of drug-likeness (QED) is 0.787. The summed E-state index contributed by atoms with van der Waals surface area (Å²) in [6.45, 7) is 2.11. The molecule has 0 unspecified atom stereocenters. The lowest BCUT2D eigenvalue weighted by atomic mass is 10.1. The minimum atomic E-state index is 0.599. The lowest BCUT2D eigenvalue weighted by Gasteiger charge is -2.07. The number of hydrogen-bond donors (Lipinski definition) is 1. The van der Waals surface area contributed by atoms with Crippen LogP contribution in [0.1, 0.15) is 29.3 Å². The topological polar surface area (TPSA) is 64.7 Å². The molecule has 3 aromatic rings. The van der Waals surface area contributed by atoms with Crippen molar-refractivity contribution in [2.75, 3.05) is 5.73 Å². The van der Waals surface area contributed by atoms with Crippen LogP contribution < -0.4 is 5.73 Å². The highest BCUT2D eigenvalue weighted by atomic mass is 32.1. The monoisotopic (exact) mass is 296 g/mol. The van der Waals surface area contributed by atoms with E-state index < -0.39 is 0 Å². The molecular weight excluding hydrogens is 280 g/mol. The summed E-state index contributed by atoms with van der Waals surface area (Å²) in [5.74, 6) is 1.25. The van der Waals surface area contributed by atoms with Crippen molar-refractivity contribution in [2.45, 2.75) is 32.6 Å². The smallest absolute Gasteiger partial charge is 0.181 e. The highest BCUT2D eigenvalue weighted by Crippen LogP contribution is 2.39. The number of aromatic nitrogens is 3. The van der Waals surface area contributed by atoms with Crippen LogP contribution >= 0.6 is 11.3 Å². The first-order valence-electron chi connectivity index (χ1n) is 7.30. The van der Waals surface area contributed by atoms with Gasteiger partial charge in [-0.15, -0.1) is 11.3 Å². The van der Waals surface area contributed by atoms with Gasteiger partial charge in [0, 0.05) is 11.1 Å². The molecule has 0 fully saturated rings. The Labute approximate surface area is 127 Å². The second-order valence-electron chi connectivity index (χ2n) is 5.33. The minimum absolute atomic E-state index is 0.599. The molecule has 0 amide bonds. The van der Waals surface area contributed by atoms with Gasteiger partial charge in [-0.2, -0.15) is 0 Å². The summed E-state index contributed by atoms with van der Waals surface area (Å²) < 4.78 is 0. The molecule has 2 N–H and O–H groups in total. The summed E-state index contributed by atoms with van der Waals surface area (Å²) in [6, 6.07) is 4.02. The van der Waals surface area contributed by atoms with E-state index in [2.05, 4.69) is 23.0 Å². The number of hydrogen-bond acceptors (Lipinski definition) is 5. The molecule has 0 bridgehead atoms. The third kappa shape index (κ3) is 1.92. The second-order valence-corrected chi connectivity index (χ2v) is 6.42. The number of fused-ring (bicyclic) bond motifs is 3. The van der Waals surface area contributed by atoms with Crippen LogP contribution in [-0.4, -0.2) is 15.0 Å². The van der Waals surface area contributed by atoms with Gasteiger partial charge in [-0.3, -0.25) is 4.98 Å². The summed E-state index contributed by atoms with van der Waals surface area (Å²) in [5.41, 5.74) is 9.60. The van der Waals surface area contributed by atoms with Crippen LogP contribution in [0.4, 0.5) is 5.82 Å². The summed E-state index contributed by atoms with van der Waals surface area (Å²) >= 11 is 1.76. The Hall–Kier alpha value is -2.01. The second kappa shape index (κ2) is 4.77. The number of nitrogens with zero attached hydrogens (tertiary/aromatic N) is 3. The van der Waals surface area contributed by atoms with E-state index in [4.69, 9.17) is 10.7 Å². The first-order valence-corrected chi connectivity index (χ1v) is 8.11. The van der Waals surface area contributed by atoms with E-state index in [1.165, 1.54) is 16.9 Å². The molecule has 3 aromatic heterocycles. The Balaban J connectivity index is 1.95. The Morgan fingerprint density at radius 2 is 2.19 bits per heavy atom. The fourth-order valence-electron chi connectivity index (χ4n) is 3.06. The third-order valence-corrected chi connectivity index (χ3v) is 5.26. The van der Waals surface area contributed by atoms with Crippen molar-refractivity contribution in [1.29, 1.82) is 0 Å². The van der Waals surface area contributed by atoms with Crippen molar-refractivity contribution >= 4 is 27.4 Å². The van der Waals surface area contributed by atoms with Gasteiger partial charge in [0.25, 0.3) is 0 Å². The maximum atomic E-state index is 6.23. The normalized spacial score (nSPS) is 13.8. The minimum Gasteiger partial charge on any atom is -0.383 e. The Bertz CT molecular complexity index is 838. The number of pyridine rings is 1. The van der Waals surface area contributed by atoms with Crippen molar-refractivity contribution in [1.82, 2.24) is 15.0 Å². The maximum absolute atomic E-state index is 6.23. The summed E-state index contributed by atoms with van der Waals surface area (Å²) in [6.07, 6.45) is 6.16. The summed E-state index contributed by atoms with van der Waals surface area (Å²) in [4.78, 5) is 16.2. The van der Waals surface area contributed by atoms with Crippen LogP contribution in [0.15, 0.2) is 18.3 Å². The van der Waals surface area contributed by atoms with Gasteiger partial charge in [-0.05, 0) is 42.9 Å². The summed E-state index contributed by atoms with van der Waals surface area (Å²) in [5, 5.41) is 1.07. The van der Waals surface area contributed by atoms with Gasteiger partial charge in [0.2, 0.25) is 0 Å². The standard InChI is InChI=1S/C16H16N4S/c1-2-9-5-4-8-18-13(9)15-19-14(17)12-10-6-3-7-11(10)21-16(12)20-15/h4-5,8H,2-3,6-7H2,1H3,(H2,17,19,20). The van der Waals surface area contributed by atoms with E-state index in [0.717, 1.165) is 40.7 Å². The molecule has 0 aromatic carbocycles. The number of rotatable bonds is 2. The number of nitrogen functional groups attached to an aromatic ring is 1. The van der Waals surface area contributed by atoms with Gasteiger partial charge in [-0.1, -0.05) is 13.0 Å². The molecule has 0 aliphatic heterocycles. The first kappa shape index (κ1) is 12.7. The lowest BCUT2D eigenvalue weighted by molar-refractivity contribution is 0.917. The lowest BCUT2D eigenvalue weighted by Crippen LogP contribution is -2.00. The molecule has 0 saturated heterocycles. The molecule has 5 heteroatoms. The predicted molar refractivity (Wildman–Crippen MR) is 86.5 cm³/mol. The zero-order valence-corrected chi connectivity index (χ0v) is 12.7. The highest BCUT2D eigenvalue weighted by molar-refractivity contribution is 7.19. The van der Waals surface area contributed by atoms with Gasteiger partial charge in [0.15, 0.2) is 5.82 Å². The Morgan fingerprint density at radius 1 is 1.29 bits per heavy atom. The molecular formula is C16H16N4S. The average molecular weight is 296 g/mol. The fraction of sp³-hybridized carbons (Fsp3) is 0.312.